The molecular weight excluding hydrogens is 242 g/mol. The number of aromatic hydroxyl groups is 1. The Hall–Kier alpha value is -1.10. The highest BCUT2D eigenvalue weighted by Crippen LogP contribution is 2.20. The second-order valence-electron chi connectivity index (χ2n) is 4.57. The van der Waals surface area contributed by atoms with Crippen molar-refractivity contribution >= 4 is 0 Å². The van der Waals surface area contributed by atoms with Gasteiger partial charge in [-0.3, -0.25) is 0 Å². The predicted octanol–water partition coefficient (Wildman–Crippen LogP) is 2.23. The van der Waals surface area contributed by atoms with Gasteiger partial charge in [0.2, 0.25) is 0 Å². The van der Waals surface area contributed by atoms with Gasteiger partial charge in [0.1, 0.15) is 5.75 Å². The fraction of sp³-hybridized carbons (Fsp3) is 0.600. The Morgan fingerprint density at radius 2 is 2.00 bits per heavy atom. The van der Waals surface area contributed by atoms with E-state index < -0.39 is 0 Å². The van der Waals surface area contributed by atoms with Gasteiger partial charge in [0.25, 0.3) is 0 Å². The summed E-state index contributed by atoms with van der Waals surface area (Å²) in [6.07, 6.45) is 2.11. The molecule has 2 N–H and O–H groups in total. The zero-order valence-corrected chi connectivity index (χ0v) is 11.9. The first-order valence-electron chi connectivity index (χ1n) is 6.80. The fourth-order valence-corrected chi connectivity index (χ4v) is 1.78. The lowest BCUT2D eigenvalue weighted by atomic mass is 10.1. The van der Waals surface area contributed by atoms with Crippen molar-refractivity contribution in [3.05, 3.63) is 29.3 Å². The smallest absolute Gasteiger partial charge is 0.122 e. The van der Waals surface area contributed by atoms with Crippen molar-refractivity contribution in [2.45, 2.75) is 26.3 Å². The van der Waals surface area contributed by atoms with Crippen molar-refractivity contribution < 1.29 is 14.6 Å². The first-order chi connectivity index (χ1) is 9.25. The van der Waals surface area contributed by atoms with Crippen LogP contribution >= 0.6 is 0 Å². The minimum Gasteiger partial charge on any atom is -0.507 e. The van der Waals surface area contributed by atoms with Crippen LogP contribution in [0.1, 0.15) is 24.0 Å². The van der Waals surface area contributed by atoms with Gasteiger partial charge in [0.05, 0.1) is 13.2 Å². The third kappa shape index (κ3) is 6.57. The maximum Gasteiger partial charge on any atom is 0.122 e. The number of phenolic OH excluding ortho intramolecular Hbond substituents is 1. The monoisotopic (exact) mass is 267 g/mol. The van der Waals surface area contributed by atoms with Crippen molar-refractivity contribution in [1.82, 2.24) is 5.32 Å². The lowest BCUT2D eigenvalue weighted by Gasteiger charge is -2.08. The molecule has 19 heavy (non-hydrogen) atoms. The van der Waals surface area contributed by atoms with E-state index in [-0.39, 0.29) is 0 Å². The van der Waals surface area contributed by atoms with Crippen LogP contribution in [0.5, 0.6) is 5.75 Å². The highest BCUT2D eigenvalue weighted by molar-refractivity contribution is 5.39. The molecule has 0 saturated carbocycles. The van der Waals surface area contributed by atoms with Gasteiger partial charge in [0, 0.05) is 25.8 Å². The summed E-state index contributed by atoms with van der Waals surface area (Å²) in [6, 6.07) is 5.83. The van der Waals surface area contributed by atoms with E-state index in [0.717, 1.165) is 37.1 Å². The maximum atomic E-state index is 9.85. The third-order valence-electron chi connectivity index (χ3n) is 2.96. The normalized spacial score (nSPS) is 10.8. The molecule has 108 valence electrons. The number of hydrogen-bond donors (Lipinski definition) is 2. The lowest BCUT2D eigenvalue weighted by Crippen LogP contribution is -2.15. The van der Waals surface area contributed by atoms with Crippen LogP contribution in [0.2, 0.25) is 0 Å². The van der Waals surface area contributed by atoms with Gasteiger partial charge >= 0.3 is 0 Å². The topological polar surface area (TPSA) is 50.7 Å². The summed E-state index contributed by atoms with van der Waals surface area (Å²) in [7, 11) is 1.67. The van der Waals surface area contributed by atoms with Crippen LogP contribution in [-0.4, -0.2) is 38.6 Å². The second kappa shape index (κ2) is 9.78. The molecule has 0 unspecified atom stereocenters. The summed E-state index contributed by atoms with van der Waals surface area (Å²) in [4.78, 5) is 0. The van der Waals surface area contributed by atoms with Gasteiger partial charge in [0.15, 0.2) is 0 Å². The average molecular weight is 267 g/mol. The van der Waals surface area contributed by atoms with Gasteiger partial charge in [-0.05, 0) is 31.9 Å². The minimum absolute atomic E-state index is 0.401. The first kappa shape index (κ1) is 16.0. The third-order valence-corrected chi connectivity index (χ3v) is 2.96. The molecule has 0 aliphatic heterocycles. The summed E-state index contributed by atoms with van der Waals surface area (Å²) >= 11 is 0. The molecule has 0 saturated heterocycles. The summed E-state index contributed by atoms with van der Waals surface area (Å²) in [6.45, 7) is 5.65. The largest absolute Gasteiger partial charge is 0.507 e. The molecule has 0 bridgehead atoms. The zero-order chi connectivity index (χ0) is 13.9. The molecule has 0 atom stereocenters. The van der Waals surface area contributed by atoms with E-state index >= 15 is 0 Å². The number of nitrogens with one attached hydrogen (secondary N) is 1. The first-order valence-corrected chi connectivity index (χ1v) is 6.80. The molecule has 0 aliphatic carbocycles. The Morgan fingerprint density at radius 1 is 1.16 bits per heavy atom. The van der Waals surface area contributed by atoms with Crippen LogP contribution in [0.4, 0.5) is 0 Å². The SMILES string of the molecule is COCCOCCCCNCc1cccc(C)c1O. The molecule has 4 nitrogen and oxygen atoms in total. The van der Waals surface area contributed by atoms with E-state index in [1.165, 1.54) is 0 Å². The van der Waals surface area contributed by atoms with Crippen LogP contribution in [-0.2, 0) is 16.0 Å². The van der Waals surface area contributed by atoms with Crippen LogP contribution < -0.4 is 5.32 Å². The number of methoxy groups -OCH3 is 1. The van der Waals surface area contributed by atoms with Gasteiger partial charge in [-0.15, -0.1) is 0 Å². The summed E-state index contributed by atoms with van der Waals surface area (Å²) in [5, 5.41) is 13.2. The van der Waals surface area contributed by atoms with E-state index in [1.807, 2.05) is 25.1 Å². The van der Waals surface area contributed by atoms with Crippen molar-refractivity contribution in [3.8, 4) is 5.75 Å². The maximum absolute atomic E-state index is 9.85. The van der Waals surface area contributed by atoms with Crippen molar-refractivity contribution in [2.24, 2.45) is 0 Å². The lowest BCUT2D eigenvalue weighted by molar-refractivity contribution is 0.0688. The van der Waals surface area contributed by atoms with Crippen LogP contribution in [0.15, 0.2) is 18.2 Å². The molecule has 0 aromatic heterocycles. The molecule has 4 heteroatoms. The molecule has 1 aromatic carbocycles. The van der Waals surface area contributed by atoms with E-state index in [1.54, 1.807) is 7.11 Å². The summed E-state index contributed by atoms with van der Waals surface area (Å²) in [5.74, 6) is 0.401. The minimum atomic E-state index is 0.401. The molecule has 1 aromatic rings. The highest BCUT2D eigenvalue weighted by Gasteiger charge is 2.02. The van der Waals surface area contributed by atoms with E-state index in [4.69, 9.17) is 9.47 Å². The summed E-state index contributed by atoms with van der Waals surface area (Å²) < 4.78 is 10.3. The van der Waals surface area contributed by atoms with E-state index in [0.29, 0.717) is 25.5 Å². The Bertz CT molecular complexity index is 355. The van der Waals surface area contributed by atoms with Crippen LogP contribution in [0, 0.1) is 6.92 Å². The van der Waals surface area contributed by atoms with Crippen molar-refractivity contribution in [1.29, 1.82) is 0 Å². The molecule has 0 heterocycles. The highest BCUT2D eigenvalue weighted by atomic mass is 16.5. The van der Waals surface area contributed by atoms with Gasteiger partial charge < -0.3 is 19.9 Å². The van der Waals surface area contributed by atoms with Gasteiger partial charge in [-0.1, -0.05) is 18.2 Å². The van der Waals surface area contributed by atoms with E-state index in [9.17, 15) is 5.11 Å². The molecule has 0 aliphatic rings. The Morgan fingerprint density at radius 3 is 2.79 bits per heavy atom. The number of aryl methyl sites for hydroxylation is 1. The molecule has 0 fully saturated rings. The molecule has 0 radical (unpaired) electrons. The van der Waals surface area contributed by atoms with Gasteiger partial charge in [-0.2, -0.15) is 0 Å². The van der Waals surface area contributed by atoms with Crippen molar-refractivity contribution in [3.63, 3.8) is 0 Å². The standard InChI is InChI=1S/C15H25NO3/c1-13-6-5-7-14(15(13)17)12-16-8-3-4-9-19-11-10-18-2/h5-7,16-17H,3-4,8-12H2,1-2H3. The Balaban J connectivity index is 2.03. The Labute approximate surface area is 115 Å². The molecule has 0 amide bonds. The Kier molecular flexibility index (Phi) is 8.21. The summed E-state index contributed by atoms with van der Waals surface area (Å²) in [5.41, 5.74) is 1.88. The molecular formula is C15H25NO3. The number of ether oxygens (including phenoxy) is 2. The molecule has 0 spiro atoms. The number of phenols is 1. The second-order valence-corrected chi connectivity index (χ2v) is 4.57. The van der Waals surface area contributed by atoms with Crippen LogP contribution in [0.25, 0.3) is 0 Å². The zero-order valence-electron chi connectivity index (χ0n) is 11.9. The van der Waals surface area contributed by atoms with Gasteiger partial charge in [-0.25, -0.2) is 0 Å². The number of hydrogen-bond acceptors (Lipinski definition) is 4. The number of benzene rings is 1. The van der Waals surface area contributed by atoms with E-state index in [2.05, 4.69) is 5.32 Å². The van der Waals surface area contributed by atoms with Crippen LogP contribution in [0.3, 0.4) is 0 Å². The van der Waals surface area contributed by atoms with Crippen molar-refractivity contribution in [2.75, 3.05) is 33.5 Å². The number of para-hydroxylation sites is 1. The predicted molar refractivity (Wildman–Crippen MR) is 76.5 cm³/mol. The molecule has 1 rings (SSSR count). The quantitative estimate of drug-likeness (QED) is 0.638. The number of unbranched alkanes of at least 4 members (excludes halogenated alkanes) is 1. The number of rotatable bonds is 10. The average Bonchev–Trinajstić information content (AvgIpc) is 2.41. The fourth-order valence-electron chi connectivity index (χ4n) is 1.78.